The number of aliphatic hydroxyl groups excluding tert-OH is 1. The van der Waals surface area contributed by atoms with Crippen LogP contribution in [0.1, 0.15) is 46.5 Å². The lowest BCUT2D eigenvalue weighted by Gasteiger charge is -2.35. The standard InChI is InChI=1S/C13H20O3/c1-9-6-11(16)7-13(3,8-14)12(9)5-4-10(2)15/h8,11,16H,4-7H2,1-3H3. The molecule has 3 heteroatoms. The lowest BCUT2D eigenvalue weighted by Crippen LogP contribution is -2.33. The van der Waals surface area contributed by atoms with Crippen molar-refractivity contribution in [3.8, 4) is 0 Å². The highest BCUT2D eigenvalue weighted by Crippen LogP contribution is 2.41. The van der Waals surface area contributed by atoms with Crippen molar-refractivity contribution in [2.75, 3.05) is 0 Å². The highest BCUT2D eigenvalue weighted by molar-refractivity contribution is 5.76. The topological polar surface area (TPSA) is 54.4 Å². The summed E-state index contributed by atoms with van der Waals surface area (Å²) >= 11 is 0. The van der Waals surface area contributed by atoms with Gasteiger partial charge in [-0.2, -0.15) is 0 Å². The van der Waals surface area contributed by atoms with Crippen LogP contribution in [0.4, 0.5) is 0 Å². The van der Waals surface area contributed by atoms with Crippen LogP contribution in [0.25, 0.3) is 0 Å². The first-order valence-electron chi connectivity index (χ1n) is 5.72. The fourth-order valence-corrected chi connectivity index (χ4v) is 2.57. The summed E-state index contributed by atoms with van der Waals surface area (Å²) in [6.45, 7) is 5.35. The first-order valence-corrected chi connectivity index (χ1v) is 5.72. The zero-order valence-electron chi connectivity index (χ0n) is 10.2. The van der Waals surface area contributed by atoms with Gasteiger partial charge < -0.3 is 14.7 Å². The van der Waals surface area contributed by atoms with E-state index in [1.807, 2.05) is 13.8 Å². The molecule has 0 aliphatic heterocycles. The normalized spacial score (nSPS) is 30.4. The van der Waals surface area contributed by atoms with Crippen molar-refractivity contribution in [3.05, 3.63) is 11.1 Å². The van der Waals surface area contributed by atoms with Crippen molar-refractivity contribution < 1.29 is 14.7 Å². The average molecular weight is 224 g/mol. The Balaban J connectivity index is 2.94. The summed E-state index contributed by atoms with van der Waals surface area (Å²) in [6, 6.07) is 0. The summed E-state index contributed by atoms with van der Waals surface area (Å²) in [6.07, 6.45) is 2.69. The summed E-state index contributed by atoms with van der Waals surface area (Å²) < 4.78 is 0. The van der Waals surface area contributed by atoms with Gasteiger partial charge in [-0.25, -0.2) is 0 Å². The number of aliphatic hydroxyl groups is 1. The Labute approximate surface area is 96.5 Å². The van der Waals surface area contributed by atoms with Gasteiger partial charge in [0.15, 0.2) is 0 Å². The van der Waals surface area contributed by atoms with Crippen LogP contribution in [0.3, 0.4) is 0 Å². The zero-order valence-corrected chi connectivity index (χ0v) is 10.2. The van der Waals surface area contributed by atoms with E-state index >= 15 is 0 Å². The molecule has 1 aliphatic rings. The van der Waals surface area contributed by atoms with Crippen LogP contribution in [-0.4, -0.2) is 23.3 Å². The van der Waals surface area contributed by atoms with E-state index in [0.717, 1.165) is 17.4 Å². The summed E-state index contributed by atoms with van der Waals surface area (Å²) in [5.41, 5.74) is 1.52. The number of allylic oxidation sites excluding steroid dienone is 1. The first kappa shape index (κ1) is 13.1. The molecule has 90 valence electrons. The number of hydrogen-bond donors (Lipinski definition) is 1. The smallest absolute Gasteiger partial charge is 0.130 e. The molecule has 1 rings (SSSR count). The van der Waals surface area contributed by atoms with E-state index in [1.165, 1.54) is 0 Å². The molecule has 0 heterocycles. The van der Waals surface area contributed by atoms with Crippen molar-refractivity contribution in [3.63, 3.8) is 0 Å². The maximum atomic E-state index is 11.2. The molecule has 2 atom stereocenters. The molecule has 3 nitrogen and oxygen atoms in total. The average Bonchev–Trinajstić information content (AvgIpc) is 2.15. The van der Waals surface area contributed by atoms with Gasteiger partial charge in [0.1, 0.15) is 12.1 Å². The van der Waals surface area contributed by atoms with E-state index in [0.29, 0.717) is 25.7 Å². The van der Waals surface area contributed by atoms with E-state index in [4.69, 9.17) is 0 Å². The number of aldehydes is 1. The molecular formula is C13H20O3. The second-order valence-electron chi connectivity index (χ2n) is 5.06. The maximum absolute atomic E-state index is 11.2. The van der Waals surface area contributed by atoms with Gasteiger partial charge in [-0.1, -0.05) is 11.1 Å². The Bertz CT molecular complexity index is 330. The van der Waals surface area contributed by atoms with Gasteiger partial charge in [0, 0.05) is 11.8 Å². The number of ketones is 1. The lowest BCUT2D eigenvalue weighted by molar-refractivity contribution is -0.118. The monoisotopic (exact) mass is 224 g/mol. The van der Waals surface area contributed by atoms with Crippen LogP contribution in [0.5, 0.6) is 0 Å². The molecule has 0 amide bonds. The van der Waals surface area contributed by atoms with Crippen LogP contribution in [-0.2, 0) is 9.59 Å². The second-order valence-corrected chi connectivity index (χ2v) is 5.06. The fourth-order valence-electron chi connectivity index (χ4n) is 2.57. The van der Waals surface area contributed by atoms with Gasteiger partial charge in [-0.15, -0.1) is 0 Å². The molecule has 0 radical (unpaired) electrons. The molecule has 16 heavy (non-hydrogen) atoms. The van der Waals surface area contributed by atoms with Crippen LogP contribution in [0.15, 0.2) is 11.1 Å². The predicted molar refractivity (Wildman–Crippen MR) is 62.0 cm³/mol. The Morgan fingerprint density at radius 3 is 2.75 bits per heavy atom. The molecule has 0 aromatic heterocycles. The van der Waals surface area contributed by atoms with E-state index in [9.17, 15) is 14.7 Å². The number of carbonyl (C=O) groups excluding carboxylic acids is 2. The number of hydrogen-bond acceptors (Lipinski definition) is 3. The van der Waals surface area contributed by atoms with E-state index in [2.05, 4.69) is 0 Å². The minimum absolute atomic E-state index is 0.139. The van der Waals surface area contributed by atoms with Crippen molar-refractivity contribution in [2.45, 2.75) is 52.6 Å². The Morgan fingerprint density at radius 2 is 2.25 bits per heavy atom. The molecule has 0 saturated heterocycles. The van der Waals surface area contributed by atoms with Crippen molar-refractivity contribution in [1.29, 1.82) is 0 Å². The van der Waals surface area contributed by atoms with Crippen molar-refractivity contribution >= 4 is 12.1 Å². The third-order valence-electron chi connectivity index (χ3n) is 3.39. The third kappa shape index (κ3) is 2.79. The van der Waals surface area contributed by atoms with E-state index in [-0.39, 0.29) is 5.78 Å². The molecular weight excluding hydrogens is 204 g/mol. The van der Waals surface area contributed by atoms with Crippen LogP contribution in [0.2, 0.25) is 0 Å². The molecule has 0 bridgehead atoms. The third-order valence-corrected chi connectivity index (χ3v) is 3.39. The predicted octanol–water partition coefficient (Wildman–Crippen LogP) is 2.03. The SMILES string of the molecule is CC(=O)CCC1=C(C)CC(O)CC1(C)C=O. The molecule has 2 unspecified atom stereocenters. The van der Waals surface area contributed by atoms with Gasteiger partial charge in [0.2, 0.25) is 0 Å². The van der Waals surface area contributed by atoms with E-state index < -0.39 is 11.5 Å². The number of Topliss-reactive ketones (excluding diaryl/α,β-unsaturated/α-hetero) is 1. The minimum Gasteiger partial charge on any atom is -0.393 e. The van der Waals surface area contributed by atoms with Crippen molar-refractivity contribution in [2.24, 2.45) is 5.41 Å². The summed E-state index contributed by atoms with van der Waals surface area (Å²) in [7, 11) is 0. The molecule has 0 fully saturated rings. The summed E-state index contributed by atoms with van der Waals surface area (Å²) in [5.74, 6) is 0.139. The first-order chi connectivity index (χ1) is 7.39. The highest BCUT2D eigenvalue weighted by Gasteiger charge is 2.36. The minimum atomic E-state index is -0.586. The van der Waals surface area contributed by atoms with Gasteiger partial charge in [0.25, 0.3) is 0 Å². The molecule has 0 aromatic rings. The Morgan fingerprint density at radius 1 is 1.62 bits per heavy atom. The van der Waals surface area contributed by atoms with Crippen LogP contribution >= 0.6 is 0 Å². The zero-order chi connectivity index (χ0) is 12.3. The largest absolute Gasteiger partial charge is 0.393 e. The fraction of sp³-hybridized carbons (Fsp3) is 0.692. The van der Waals surface area contributed by atoms with E-state index in [1.54, 1.807) is 6.92 Å². The van der Waals surface area contributed by atoms with Gasteiger partial charge >= 0.3 is 0 Å². The Hall–Kier alpha value is -0.960. The van der Waals surface area contributed by atoms with Gasteiger partial charge in [0.05, 0.1) is 6.10 Å². The Kier molecular flexibility index (Phi) is 4.03. The number of rotatable bonds is 4. The summed E-state index contributed by atoms with van der Waals surface area (Å²) in [4.78, 5) is 22.2. The van der Waals surface area contributed by atoms with Gasteiger partial charge in [-0.3, -0.25) is 0 Å². The molecule has 0 spiro atoms. The summed E-state index contributed by atoms with van der Waals surface area (Å²) in [5, 5.41) is 9.68. The lowest BCUT2D eigenvalue weighted by atomic mass is 9.69. The van der Waals surface area contributed by atoms with Crippen molar-refractivity contribution in [1.82, 2.24) is 0 Å². The molecule has 1 aliphatic carbocycles. The quantitative estimate of drug-likeness (QED) is 0.587. The van der Waals surface area contributed by atoms with Crippen LogP contribution < -0.4 is 0 Å². The molecule has 0 aromatic carbocycles. The number of carbonyl (C=O) groups is 2. The maximum Gasteiger partial charge on any atom is 0.130 e. The highest BCUT2D eigenvalue weighted by atomic mass is 16.3. The molecule has 0 saturated carbocycles. The molecule has 1 N–H and O–H groups in total. The van der Waals surface area contributed by atoms with Crippen LogP contribution in [0, 0.1) is 5.41 Å². The van der Waals surface area contributed by atoms with Gasteiger partial charge in [-0.05, 0) is 40.0 Å². The second kappa shape index (κ2) is 4.91.